The van der Waals surface area contributed by atoms with Gasteiger partial charge in [-0.05, 0) is 68.0 Å². The van der Waals surface area contributed by atoms with Crippen molar-refractivity contribution in [1.82, 2.24) is 19.9 Å². The number of piperidine rings is 1. The Morgan fingerprint density at radius 2 is 1.88 bits per heavy atom. The lowest BCUT2D eigenvalue weighted by atomic mass is 9.86. The Morgan fingerprint density at radius 3 is 2.56 bits per heavy atom. The van der Waals surface area contributed by atoms with Gasteiger partial charge < -0.3 is 4.90 Å². The molecule has 0 radical (unpaired) electrons. The largest absolute Gasteiger partial charge is 0.417 e. The van der Waals surface area contributed by atoms with Gasteiger partial charge in [-0.15, -0.1) is 0 Å². The SMILES string of the molecule is C[C@@H]1CCCN(C(=O)c2cc(F)ccc2-c2ncccn2)[C@@H]1CCc1ccc(C(F)(F)F)cn1. The Labute approximate surface area is 194 Å². The number of halogens is 4. The van der Waals surface area contributed by atoms with Gasteiger partial charge in [0.2, 0.25) is 0 Å². The molecule has 0 N–H and O–H groups in total. The van der Waals surface area contributed by atoms with Crippen molar-refractivity contribution in [3.63, 3.8) is 0 Å². The first kappa shape index (κ1) is 23.8. The summed E-state index contributed by atoms with van der Waals surface area (Å²) in [6, 6.07) is 7.89. The number of aromatic nitrogens is 3. The molecule has 9 heteroatoms. The van der Waals surface area contributed by atoms with Gasteiger partial charge in [-0.1, -0.05) is 6.92 Å². The number of carbonyl (C=O) groups excluding carboxylic acids is 1. The number of amides is 1. The Morgan fingerprint density at radius 1 is 1.12 bits per heavy atom. The normalized spacial score (nSPS) is 18.7. The molecule has 178 valence electrons. The number of rotatable bonds is 5. The molecule has 0 unspecified atom stereocenters. The van der Waals surface area contributed by atoms with E-state index in [1.165, 1.54) is 24.3 Å². The fourth-order valence-corrected chi connectivity index (χ4v) is 4.46. The Balaban J connectivity index is 1.57. The van der Waals surface area contributed by atoms with Crippen molar-refractivity contribution in [2.24, 2.45) is 5.92 Å². The smallest absolute Gasteiger partial charge is 0.335 e. The van der Waals surface area contributed by atoms with Crippen LogP contribution in [0.25, 0.3) is 11.4 Å². The molecular formula is C25H24F4N4O. The zero-order chi connectivity index (χ0) is 24.3. The van der Waals surface area contributed by atoms with Gasteiger partial charge in [0.15, 0.2) is 5.82 Å². The number of hydrogen-bond donors (Lipinski definition) is 0. The first-order valence-electron chi connectivity index (χ1n) is 11.1. The summed E-state index contributed by atoms with van der Waals surface area (Å²) in [5, 5.41) is 0. The average Bonchev–Trinajstić information content (AvgIpc) is 2.83. The number of hydrogen-bond acceptors (Lipinski definition) is 4. The number of pyridine rings is 1. The second-order valence-electron chi connectivity index (χ2n) is 8.52. The minimum Gasteiger partial charge on any atom is -0.335 e. The van der Waals surface area contributed by atoms with Crippen molar-refractivity contribution in [2.45, 2.75) is 44.8 Å². The first-order valence-corrected chi connectivity index (χ1v) is 11.1. The first-order chi connectivity index (χ1) is 16.2. The Hall–Kier alpha value is -3.36. The van der Waals surface area contributed by atoms with E-state index in [-0.39, 0.29) is 23.4 Å². The summed E-state index contributed by atoms with van der Waals surface area (Å²) in [6.45, 7) is 2.57. The summed E-state index contributed by atoms with van der Waals surface area (Å²) in [7, 11) is 0. The molecule has 2 aromatic heterocycles. The van der Waals surface area contributed by atoms with Crippen LogP contribution in [0.2, 0.25) is 0 Å². The third-order valence-corrected chi connectivity index (χ3v) is 6.24. The van der Waals surface area contributed by atoms with Gasteiger partial charge in [0, 0.05) is 42.4 Å². The quantitative estimate of drug-likeness (QED) is 0.456. The van der Waals surface area contributed by atoms with Crippen LogP contribution in [0.4, 0.5) is 17.6 Å². The molecule has 1 saturated heterocycles. The van der Waals surface area contributed by atoms with E-state index in [1.54, 1.807) is 23.4 Å². The van der Waals surface area contributed by atoms with E-state index >= 15 is 0 Å². The van der Waals surface area contributed by atoms with E-state index in [0.29, 0.717) is 36.5 Å². The van der Waals surface area contributed by atoms with Crippen LogP contribution in [-0.2, 0) is 12.6 Å². The number of likely N-dealkylation sites (tertiary alicyclic amines) is 1. The van der Waals surface area contributed by atoms with Crippen molar-refractivity contribution in [3.8, 4) is 11.4 Å². The summed E-state index contributed by atoms with van der Waals surface area (Å²) in [6.07, 6.45) is 2.22. The molecule has 0 bridgehead atoms. The molecule has 3 heterocycles. The number of alkyl halides is 3. The van der Waals surface area contributed by atoms with Crippen molar-refractivity contribution in [1.29, 1.82) is 0 Å². The van der Waals surface area contributed by atoms with Crippen LogP contribution in [0.5, 0.6) is 0 Å². The minimum absolute atomic E-state index is 0.154. The highest BCUT2D eigenvalue weighted by molar-refractivity contribution is 6.00. The van der Waals surface area contributed by atoms with Gasteiger partial charge in [-0.3, -0.25) is 9.78 Å². The second-order valence-corrected chi connectivity index (χ2v) is 8.52. The Kier molecular flexibility index (Phi) is 6.90. The van der Waals surface area contributed by atoms with Crippen LogP contribution in [0.1, 0.15) is 47.8 Å². The molecular weight excluding hydrogens is 448 g/mol. The molecule has 1 amide bonds. The van der Waals surface area contributed by atoms with Crippen LogP contribution in [0.15, 0.2) is 55.0 Å². The van der Waals surface area contributed by atoms with E-state index in [2.05, 4.69) is 21.9 Å². The lowest BCUT2D eigenvalue weighted by Gasteiger charge is -2.40. The molecule has 4 rings (SSSR count). The molecule has 2 atom stereocenters. The van der Waals surface area contributed by atoms with Gasteiger partial charge >= 0.3 is 6.18 Å². The predicted octanol–water partition coefficient (Wildman–Crippen LogP) is 5.57. The predicted molar refractivity (Wildman–Crippen MR) is 118 cm³/mol. The fourth-order valence-electron chi connectivity index (χ4n) is 4.46. The summed E-state index contributed by atoms with van der Waals surface area (Å²) in [4.78, 5) is 27.8. The van der Waals surface area contributed by atoms with E-state index in [4.69, 9.17) is 0 Å². The maximum Gasteiger partial charge on any atom is 0.417 e. The van der Waals surface area contributed by atoms with Crippen LogP contribution in [-0.4, -0.2) is 38.3 Å². The monoisotopic (exact) mass is 472 g/mol. The average molecular weight is 472 g/mol. The van der Waals surface area contributed by atoms with Gasteiger partial charge in [0.25, 0.3) is 5.91 Å². The Bertz CT molecular complexity index is 1140. The summed E-state index contributed by atoms with van der Waals surface area (Å²) < 4.78 is 52.6. The number of aryl methyl sites for hydroxylation is 1. The molecule has 34 heavy (non-hydrogen) atoms. The van der Waals surface area contributed by atoms with Crippen LogP contribution >= 0.6 is 0 Å². The molecule has 1 aromatic carbocycles. The highest BCUT2D eigenvalue weighted by Gasteiger charge is 2.34. The number of benzene rings is 1. The summed E-state index contributed by atoms with van der Waals surface area (Å²) in [5.74, 6) is -0.323. The highest BCUT2D eigenvalue weighted by Crippen LogP contribution is 2.32. The minimum atomic E-state index is -4.43. The fraction of sp³-hybridized carbons (Fsp3) is 0.360. The second kappa shape index (κ2) is 9.87. The summed E-state index contributed by atoms with van der Waals surface area (Å²) in [5.41, 5.74) is 0.384. The van der Waals surface area contributed by atoms with E-state index in [9.17, 15) is 22.4 Å². The third kappa shape index (κ3) is 5.24. The molecule has 0 spiro atoms. The lowest BCUT2D eigenvalue weighted by molar-refractivity contribution is -0.137. The van der Waals surface area contributed by atoms with Crippen LogP contribution in [0.3, 0.4) is 0 Å². The van der Waals surface area contributed by atoms with Gasteiger partial charge in [0.05, 0.1) is 11.1 Å². The lowest BCUT2D eigenvalue weighted by Crippen LogP contribution is -2.48. The van der Waals surface area contributed by atoms with E-state index in [1.807, 2.05) is 0 Å². The van der Waals surface area contributed by atoms with Gasteiger partial charge in [-0.2, -0.15) is 13.2 Å². The number of carbonyl (C=O) groups is 1. The topological polar surface area (TPSA) is 59.0 Å². The molecule has 5 nitrogen and oxygen atoms in total. The molecule has 1 aliphatic rings. The molecule has 1 fully saturated rings. The van der Waals surface area contributed by atoms with Crippen molar-refractivity contribution < 1.29 is 22.4 Å². The van der Waals surface area contributed by atoms with Crippen LogP contribution in [0, 0.1) is 11.7 Å². The maximum atomic E-state index is 14.2. The van der Waals surface area contributed by atoms with Crippen molar-refractivity contribution >= 4 is 5.91 Å². The van der Waals surface area contributed by atoms with Crippen LogP contribution < -0.4 is 0 Å². The van der Waals surface area contributed by atoms with E-state index < -0.39 is 17.6 Å². The molecule has 0 aliphatic carbocycles. The van der Waals surface area contributed by atoms with Crippen molar-refractivity contribution in [3.05, 3.63) is 77.6 Å². The van der Waals surface area contributed by atoms with Gasteiger partial charge in [0.1, 0.15) is 5.82 Å². The third-order valence-electron chi connectivity index (χ3n) is 6.24. The van der Waals surface area contributed by atoms with Gasteiger partial charge in [-0.25, -0.2) is 14.4 Å². The highest BCUT2D eigenvalue weighted by atomic mass is 19.4. The standard InChI is InChI=1S/C25H24F4N4O/c1-16-4-2-13-33(22(16)10-8-19-7-5-17(15-32-19)25(27,28)29)24(34)21-14-18(26)6-9-20(21)23-30-11-3-12-31-23/h3,5-7,9,11-12,14-16,22H,2,4,8,10,13H2,1H3/t16-,22-/m1/s1. The zero-order valence-electron chi connectivity index (χ0n) is 18.6. The summed E-state index contributed by atoms with van der Waals surface area (Å²) >= 11 is 0. The maximum absolute atomic E-state index is 14.2. The van der Waals surface area contributed by atoms with E-state index in [0.717, 1.165) is 25.1 Å². The molecule has 3 aromatic rings. The number of nitrogens with zero attached hydrogens (tertiary/aromatic N) is 4. The molecule has 1 aliphatic heterocycles. The van der Waals surface area contributed by atoms with Crippen molar-refractivity contribution in [2.75, 3.05) is 6.54 Å². The molecule has 0 saturated carbocycles. The zero-order valence-corrected chi connectivity index (χ0v) is 18.6.